The number of hydrogen-bond donors (Lipinski definition) is 1. The Morgan fingerprint density at radius 2 is 1.69 bits per heavy atom. The van der Waals surface area contributed by atoms with E-state index in [9.17, 15) is 8.42 Å². The van der Waals surface area contributed by atoms with E-state index in [0.717, 1.165) is 35.5 Å². The smallest absolute Gasteiger partial charge is 0.237 e. The van der Waals surface area contributed by atoms with Gasteiger partial charge in [0.25, 0.3) is 0 Å². The summed E-state index contributed by atoms with van der Waals surface area (Å²) in [6.07, 6.45) is 1.95. The second kappa shape index (κ2) is 7.43. The molecule has 1 aromatic heterocycles. The molecule has 3 aromatic rings. The van der Waals surface area contributed by atoms with E-state index in [2.05, 4.69) is 19.9 Å². The third-order valence-corrected chi connectivity index (χ3v) is 5.17. The van der Waals surface area contributed by atoms with Crippen LogP contribution in [0.2, 0.25) is 0 Å². The van der Waals surface area contributed by atoms with Crippen LogP contribution >= 0.6 is 0 Å². The number of aromatic nitrogens is 2. The van der Waals surface area contributed by atoms with Gasteiger partial charge in [-0.05, 0) is 49.1 Å². The lowest BCUT2D eigenvalue weighted by atomic mass is 10.1. The van der Waals surface area contributed by atoms with Crippen molar-refractivity contribution in [1.29, 1.82) is 0 Å². The minimum Gasteiger partial charge on any atom is -0.237 e. The summed E-state index contributed by atoms with van der Waals surface area (Å²) in [6.45, 7) is 4.39. The summed E-state index contributed by atoms with van der Waals surface area (Å²) in [4.78, 5) is 0.0976. The molecule has 0 saturated heterocycles. The standard InChI is InChI=1S/C20H23N3O2S/c1-15(2)8-9-18-14-20(16-6-4-3-5-7-16)22-23(18)17-10-12-19(13-11-17)26(21,24)25/h3-7,10-15H,8-9H2,1-2H3,(H2,21,24,25). The molecular formula is C20H23N3O2S. The number of sulfonamides is 1. The number of hydrogen-bond acceptors (Lipinski definition) is 3. The summed E-state index contributed by atoms with van der Waals surface area (Å²) in [5.74, 6) is 0.586. The van der Waals surface area contributed by atoms with Crippen molar-refractivity contribution in [3.05, 3.63) is 66.4 Å². The van der Waals surface area contributed by atoms with E-state index >= 15 is 0 Å². The Labute approximate surface area is 154 Å². The average Bonchev–Trinajstić information content (AvgIpc) is 3.04. The van der Waals surface area contributed by atoms with Crippen LogP contribution in [0.4, 0.5) is 0 Å². The van der Waals surface area contributed by atoms with Gasteiger partial charge in [0, 0.05) is 11.3 Å². The summed E-state index contributed by atoms with van der Waals surface area (Å²) < 4.78 is 24.8. The topological polar surface area (TPSA) is 78.0 Å². The van der Waals surface area contributed by atoms with Gasteiger partial charge in [0.15, 0.2) is 0 Å². The molecule has 0 atom stereocenters. The Morgan fingerprint density at radius 3 is 2.27 bits per heavy atom. The van der Waals surface area contributed by atoms with Crippen LogP contribution in [0.3, 0.4) is 0 Å². The molecule has 0 saturated carbocycles. The van der Waals surface area contributed by atoms with E-state index in [0.29, 0.717) is 5.92 Å². The number of nitrogens with two attached hydrogens (primary N) is 1. The van der Waals surface area contributed by atoms with Gasteiger partial charge in [0.2, 0.25) is 10.0 Å². The predicted octanol–water partition coefficient (Wildman–Crippen LogP) is 3.78. The molecule has 2 N–H and O–H groups in total. The van der Waals surface area contributed by atoms with Crippen molar-refractivity contribution in [3.8, 4) is 16.9 Å². The minimum atomic E-state index is -3.70. The maximum Gasteiger partial charge on any atom is 0.238 e. The first-order valence-corrected chi connectivity index (χ1v) is 10.2. The zero-order chi connectivity index (χ0) is 18.7. The molecule has 0 aliphatic rings. The molecule has 0 aliphatic heterocycles. The number of benzene rings is 2. The second-order valence-electron chi connectivity index (χ2n) is 6.77. The number of rotatable bonds is 6. The molecular weight excluding hydrogens is 346 g/mol. The van der Waals surface area contributed by atoms with Crippen LogP contribution in [0.5, 0.6) is 0 Å². The lowest BCUT2D eigenvalue weighted by Crippen LogP contribution is -2.12. The zero-order valence-corrected chi connectivity index (χ0v) is 15.8. The molecule has 1 heterocycles. The normalized spacial score (nSPS) is 11.8. The summed E-state index contributed by atoms with van der Waals surface area (Å²) in [6, 6.07) is 18.6. The lowest BCUT2D eigenvalue weighted by Gasteiger charge is -2.09. The molecule has 0 bridgehead atoms. The maximum atomic E-state index is 11.5. The van der Waals surface area contributed by atoms with Gasteiger partial charge >= 0.3 is 0 Å². The van der Waals surface area contributed by atoms with E-state index in [1.54, 1.807) is 12.1 Å². The zero-order valence-electron chi connectivity index (χ0n) is 15.0. The van der Waals surface area contributed by atoms with Crippen molar-refractivity contribution >= 4 is 10.0 Å². The van der Waals surface area contributed by atoms with E-state index in [-0.39, 0.29) is 4.90 Å². The molecule has 2 aromatic carbocycles. The third-order valence-electron chi connectivity index (χ3n) is 4.24. The molecule has 6 heteroatoms. The highest BCUT2D eigenvalue weighted by atomic mass is 32.2. The molecule has 0 radical (unpaired) electrons. The quantitative estimate of drug-likeness (QED) is 0.718. The van der Waals surface area contributed by atoms with Crippen LogP contribution in [0.1, 0.15) is 26.0 Å². The van der Waals surface area contributed by atoms with Crippen LogP contribution in [-0.4, -0.2) is 18.2 Å². The Hall–Kier alpha value is -2.44. The lowest BCUT2D eigenvalue weighted by molar-refractivity contribution is 0.573. The number of nitrogens with zero attached hydrogens (tertiary/aromatic N) is 2. The Morgan fingerprint density at radius 1 is 1.04 bits per heavy atom. The van der Waals surface area contributed by atoms with Gasteiger partial charge in [-0.25, -0.2) is 18.2 Å². The monoisotopic (exact) mass is 369 g/mol. The molecule has 0 amide bonds. The van der Waals surface area contributed by atoms with Crippen LogP contribution < -0.4 is 5.14 Å². The van der Waals surface area contributed by atoms with E-state index in [4.69, 9.17) is 10.2 Å². The molecule has 26 heavy (non-hydrogen) atoms. The van der Waals surface area contributed by atoms with Crippen molar-refractivity contribution in [2.24, 2.45) is 11.1 Å². The van der Waals surface area contributed by atoms with E-state index in [1.165, 1.54) is 12.1 Å². The minimum absolute atomic E-state index is 0.0976. The fourth-order valence-corrected chi connectivity index (χ4v) is 3.30. The van der Waals surface area contributed by atoms with Crippen molar-refractivity contribution in [2.45, 2.75) is 31.6 Å². The van der Waals surface area contributed by atoms with Crippen molar-refractivity contribution in [2.75, 3.05) is 0 Å². The van der Waals surface area contributed by atoms with Gasteiger partial charge in [-0.1, -0.05) is 44.2 Å². The summed E-state index contributed by atoms with van der Waals surface area (Å²) in [5.41, 5.74) is 3.87. The molecule has 0 aliphatic carbocycles. The van der Waals surface area contributed by atoms with Gasteiger partial charge in [-0.3, -0.25) is 0 Å². The molecule has 136 valence electrons. The van der Waals surface area contributed by atoms with Crippen LogP contribution in [-0.2, 0) is 16.4 Å². The van der Waals surface area contributed by atoms with Gasteiger partial charge < -0.3 is 0 Å². The van der Waals surface area contributed by atoms with Gasteiger partial charge in [0.1, 0.15) is 0 Å². The SMILES string of the molecule is CC(C)CCc1cc(-c2ccccc2)nn1-c1ccc(S(N)(=O)=O)cc1. The third kappa shape index (κ3) is 4.20. The van der Waals surface area contributed by atoms with E-state index in [1.807, 2.05) is 35.0 Å². The van der Waals surface area contributed by atoms with Crippen LogP contribution in [0, 0.1) is 5.92 Å². The predicted molar refractivity (Wildman–Crippen MR) is 104 cm³/mol. The van der Waals surface area contributed by atoms with Gasteiger partial charge in [-0.2, -0.15) is 5.10 Å². The highest BCUT2D eigenvalue weighted by molar-refractivity contribution is 7.89. The molecule has 0 spiro atoms. The average molecular weight is 369 g/mol. The largest absolute Gasteiger partial charge is 0.238 e. The Balaban J connectivity index is 2.02. The van der Waals surface area contributed by atoms with Crippen LogP contribution in [0.15, 0.2) is 65.6 Å². The van der Waals surface area contributed by atoms with Gasteiger partial charge in [0.05, 0.1) is 16.3 Å². The number of primary sulfonamides is 1. The highest BCUT2D eigenvalue weighted by Gasteiger charge is 2.13. The highest BCUT2D eigenvalue weighted by Crippen LogP contribution is 2.24. The van der Waals surface area contributed by atoms with Crippen molar-refractivity contribution in [3.63, 3.8) is 0 Å². The first-order chi connectivity index (χ1) is 12.3. The van der Waals surface area contributed by atoms with Gasteiger partial charge in [-0.15, -0.1) is 0 Å². The summed E-state index contributed by atoms with van der Waals surface area (Å²) in [5, 5.41) is 9.94. The second-order valence-corrected chi connectivity index (χ2v) is 8.33. The summed E-state index contributed by atoms with van der Waals surface area (Å²) in [7, 11) is -3.70. The van der Waals surface area contributed by atoms with Crippen molar-refractivity contribution < 1.29 is 8.42 Å². The first kappa shape index (κ1) is 18.4. The Kier molecular flexibility index (Phi) is 5.25. The molecule has 0 fully saturated rings. The van der Waals surface area contributed by atoms with Crippen molar-refractivity contribution in [1.82, 2.24) is 9.78 Å². The maximum absolute atomic E-state index is 11.5. The fourth-order valence-electron chi connectivity index (χ4n) is 2.78. The fraction of sp³-hybridized carbons (Fsp3) is 0.250. The number of aryl methyl sites for hydroxylation is 1. The first-order valence-electron chi connectivity index (χ1n) is 8.62. The molecule has 3 rings (SSSR count). The van der Waals surface area contributed by atoms with Crippen LogP contribution in [0.25, 0.3) is 16.9 Å². The Bertz CT molecular complexity index is 976. The molecule has 5 nitrogen and oxygen atoms in total. The molecule has 0 unspecified atom stereocenters. The summed E-state index contributed by atoms with van der Waals surface area (Å²) >= 11 is 0. The van der Waals surface area contributed by atoms with E-state index < -0.39 is 10.0 Å².